The number of aromatic nitrogens is 2. The molecule has 0 amide bonds. The van der Waals surface area contributed by atoms with Crippen molar-refractivity contribution in [1.82, 2.24) is 9.97 Å². The van der Waals surface area contributed by atoms with Gasteiger partial charge in [0.1, 0.15) is 0 Å². The number of rotatable bonds is 4. The first-order valence-corrected chi connectivity index (χ1v) is 5.85. The second-order valence-electron chi connectivity index (χ2n) is 4.07. The van der Waals surface area contributed by atoms with Crippen LogP contribution in [0.4, 0.5) is 18.9 Å². The summed E-state index contributed by atoms with van der Waals surface area (Å²) in [6.07, 6.45) is -4.41. The van der Waals surface area contributed by atoms with Gasteiger partial charge in [-0.3, -0.25) is 4.98 Å². The smallest absolute Gasteiger partial charge is 0.429 e. The summed E-state index contributed by atoms with van der Waals surface area (Å²) >= 11 is 0. The second-order valence-corrected chi connectivity index (χ2v) is 4.07. The lowest BCUT2D eigenvalue weighted by Gasteiger charge is -2.22. The Morgan fingerprint density at radius 1 is 1.24 bits per heavy atom. The van der Waals surface area contributed by atoms with Crippen LogP contribution in [0.15, 0.2) is 36.7 Å². The number of methoxy groups -OCH3 is 1. The maximum Gasteiger partial charge on any atom is 0.429 e. The summed E-state index contributed by atoms with van der Waals surface area (Å²) in [6, 6.07) is 5.44. The number of ether oxygens (including phenoxy) is 2. The molecule has 2 rings (SSSR count). The quantitative estimate of drug-likeness (QED) is 0.940. The summed E-state index contributed by atoms with van der Waals surface area (Å²) < 4.78 is 49.3. The number of pyridine rings is 2. The van der Waals surface area contributed by atoms with Gasteiger partial charge in [-0.15, -0.1) is 0 Å². The van der Waals surface area contributed by atoms with Gasteiger partial charge in [0.2, 0.25) is 17.9 Å². The van der Waals surface area contributed by atoms with Crippen LogP contribution >= 0.6 is 0 Å². The Labute approximate surface area is 118 Å². The molecule has 0 aliphatic rings. The molecular formula is C13H12F3N3O2. The summed E-state index contributed by atoms with van der Waals surface area (Å²) in [5.41, 5.74) is 5.42. The van der Waals surface area contributed by atoms with Crippen LogP contribution in [0.25, 0.3) is 0 Å². The van der Waals surface area contributed by atoms with Gasteiger partial charge < -0.3 is 15.2 Å². The molecule has 1 unspecified atom stereocenters. The number of anilines is 1. The monoisotopic (exact) mass is 299 g/mol. The molecule has 2 N–H and O–H groups in total. The number of hydrogen-bond acceptors (Lipinski definition) is 5. The zero-order valence-corrected chi connectivity index (χ0v) is 11.0. The molecule has 0 fully saturated rings. The van der Waals surface area contributed by atoms with Crippen LogP contribution in [0, 0.1) is 0 Å². The van der Waals surface area contributed by atoms with E-state index in [1.54, 1.807) is 0 Å². The molecule has 2 aromatic heterocycles. The Bertz CT molecular complexity index is 605. The second kappa shape index (κ2) is 5.86. The predicted octanol–water partition coefficient (Wildman–Crippen LogP) is 2.75. The predicted molar refractivity (Wildman–Crippen MR) is 68.9 cm³/mol. The molecule has 0 bridgehead atoms. The van der Waals surface area contributed by atoms with E-state index in [1.807, 2.05) is 0 Å². The first-order valence-electron chi connectivity index (χ1n) is 5.85. The van der Waals surface area contributed by atoms with Crippen LogP contribution in [-0.2, 0) is 0 Å². The number of halogens is 3. The molecule has 0 spiro atoms. The van der Waals surface area contributed by atoms with Crippen LogP contribution in [0.5, 0.6) is 11.8 Å². The molecule has 2 aromatic rings. The maximum absolute atomic E-state index is 13.2. The highest BCUT2D eigenvalue weighted by Gasteiger charge is 2.43. The van der Waals surface area contributed by atoms with Gasteiger partial charge in [-0.25, -0.2) is 0 Å². The van der Waals surface area contributed by atoms with Crippen molar-refractivity contribution < 1.29 is 22.6 Å². The summed E-state index contributed by atoms with van der Waals surface area (Å²) in [7, 11) is 1.34. The van der Waals surface area contributed by atoms with E-state index in [1.165, 1.54) is 37.6 Å². The van der Waals surface area contributed by atoms with E-state index in [9.17, 15) is 13.2 Å². The highest BCUT2D eigenvalue weighted by molar-refractivity contribution is 5.49. The molecule has 2 heterocycles. The van der Waals surface area contributed by atoms with Crippen molar-refractivity contribution in [2.24, 2.45) is 0 Å². The Hall–Kier alpha value is -2.51. The number of nitrogens with two attached hydrogens (primary N) is 1. The minimum atomic E-state index is -4.64. The highest BCUT2D eigenvalue weighted by atomic mass is 19.4. The number of alkyl halides is 3. The molecule has 0 aliphatic heterocycles. The van der Waals surface area contributed by atoms with Crippen molar-refractivity contribution in [3.05, 3.63) is 42.2 Å². The van der Waals surface area contributed by atoms with Crippen molar-refractivity contribution >= 4 is 5.69 Å². The van der Waals surface area contributed by atoms with Gasteiger partial charge in [0.25, 0.3) is 0 Å². The summed E-state index contributed by atoms with van der Waals surface area (Å²) in [4.78, 5) is 7.44. The van der Waals surface area contributed by atoms with E-state index >= 15 is 0 Å². The van der Waals surface area contributed by atoms with E-state index < -0.39 is 12.3 Å². The average Bonchev–Trinajstić information content (AvgIpc) is 2.46. The van der Waals surface area contributed by atoms with Gasteiger partial charge >= 0.3 is 6.18 Å². The van der Waals surface area contributed by atoms with Crippen molar-refractivity contribution in [2.45, 2.75) is 12.3 Å². The molecule has 1 atom stereocenters. The fourth-order valence-electron chi connectivity index (χ4n) is 1.61. The number of nitrogen functional groups attached to an aromatic ring is 1. The molecule has 0 radical (unpaired) electrons. The van der Waals surface area contributed by atoms with E-state index in [-0.39, 0.29) is 23.0 Å². The van der Waals surface area contributed by atoms with Crippen molar-refractivity contribution in [3.63, 3.8) is 0 Å². The van der Waals surface area contributed by atoms with Gasteiger partial charge in [-0.1, -0.05) is 6.07 Å². The van der Waals surface area contributed by atoms with Crippen molar-refractivity contribution in [2.75, 3.05) is 12.8 Å². The van der Waals surface area contributed by atoms with Crippen LogP contribution in [0.1, 0.15) is 11.7 Å². The highest BCUT2D eigenvalue weighted by Crippen LogP contribution is 2.37. The minimum absolute atomic E-state index is 0.0195. The molecule has 112 valence electrons. The van der Waals surface area contributed by atoms with Crippen LogP contribution < -0.4 is 15.2 Å². The third-order valence-electron chi connectivity index (χ3n) is 2.59. The third-order valence-corrected chi connectivity index (χ3v) is 2.59. The number of nitrogens with zero attached hydrogens (tertiary/aromatic N) is 2. The average molecular weight is 299 g/mol. The summed E-state index contributed by atoms with van der Waals surface area (Å²) in [6.45, 7) is 0. The topological polar surface area (TPSA) is 70.3 Å². The summed E-state index contributed by atoms with van der Waals surface area (Å²) in [5.74, 6) is -0.244. The SMILES string of the molecule is COc1ccc(N)c(OC(c2cccnc2)C(F)(F)F)n1. The Morgan fingerprint density at radius 2 is 2.00 bits per heavy atom. The third kappa shape index (κ3) is 3.53. The fraction of sp³-hybridized carbons (Fsp3) is 0.231. The summed E-state index contributed by atoms with van der Waals surface area (Å²) in [5, 5.41) is 0. The van der Waals surface area contributed by atoms with Crippen LogP contribution in [-0.4, -0.2) is 23.3 Å². The van der Waals surface area contributed by atoms with Gasteiger partial charge in [0, 0.05) is 24.0 Å². The largest absolute Gasteiger partial charge is 0.481 e. The molecule has 0 saturated heterocycles. The standard InChI is InChI=1S/C13H12F3N3O2/c1-20-10-5-4-9(17)12(19-10)21-11(13(14,15)16)8-3-2-6-18-7-8/h2-7,11H,17H2,1H3. The van der Waals surface area contributed by atoms with E-state index in [0.29, 0.717) is 0 Å². The molecule has 0 aromatic carbocycles. The van der Waals surface area contributed by atoms with Crippen LogP contribution in [0.3, 0.4) is 0 Å². The van der Waals surface area contributed by atoms with Gasteiger partial charge in [0.15, 0.2) is 0 Å². The van der Waals surface area contributed by atoms with Crippen molar-refractivity contribution in [3.8, 4) is 11.8 Å². The fourth-order valence-corrected chi connectivity index (χ4v) is 1.61. The first-order chi connectivity index (χ1) is 9.91. The molecule has 8 heteroatoms. The molecule has 0 aliphatic carbocycles. The van der Waals surface area contributed by atoms with Gasteiger partial charge in [-0.05, 0) is 12.1 Å². The Kier molecular flexibility index (Phi) is 4.15. The number of hydrogen-bond donors (Lipinski definition) is 1. The van der Waals surface area contributed by atoms with E-state index in [4.69, 9.17) is 15.2 Å². The van der Waals surface area contributed by atoms with E-state index in [2.05, 4.69) is 9.97 Å². The van der Waals surface area contributed by atoms with E-state index in [0.717, 1.165) is 6.20 Å². The normalized spacial score (nSPS) is 12.8. The Morgan fingerprint density at radius 3 is 2.57 bits per heavy atom. The van der Waals surface area contributed by atoms with Gasteiger partial charge in [0.05, 0.1) is 12.8 Å². The minimum Gasteiger partial charge on any atom is -0.481 e. The lowest BCUT2D eigenvalue weighted by atomic mass is 10.1. The molecule has 0 saturated carbocycles. The Balaban J connectivity index is 2.36. The van der Waals surface area contributed by atoms with Crippen LogP contribution in [0.2, 0.25) is 0 Å². The zero-order valence-electron chi connectivity index (χ0n) is 11.0. The molecular weight excluding hydrogens is 287 g/mol. The van der Waals surface area contributed by atoms with Crippen molar-refractivity contribution in [1.29, 1.82) is 0 Å². The van der Waals surface area contributed by atoms with Gasteiger partial charge in [-0.2, -0.15) is 18.2 Å². The lowest BCUT2D eigenvalue weighted by Crippen LogP contribution is -2.26. The maximum atomic E-state index is 13.2. The molecule has 21 heavy (non-hydrogen) atoms. The first kappa shape index (κ1) is 14.9. The lowest BCUT2D eigenvalue weighted by molar-refractivity contribution is -0.198. The molecule has 5 nitrogen and oxygen atoms in total. The zero-order chi connectivity index (χ0) is 15.5.